The van der Waals surface area contributed by atoms with Crippen LogP contribution in [-0.4, -0.2) is 34.8 Å². The minimum atomic E-state index is -0.599. The molecule has 3 unspecified atom stereocenters. The van der Waals surface area contributed by atoms with Crippen LogP contribution in [0.25, 0.3) is 0 Å². The molecular formula is C13H22O3S. The molecule has 0 aromatic carbocycles. The summed E-state index contributed by atoms with van der Waals surface area (Å²) in [7, 11) is 0. The Labute approximate surface area is 107 Å². The monoisotopic (exact) mass is 258 g/mol. The quantitative estimate of drug-likeness (QED) is 0.823. The van der Waals surface area contributed by atoms with E-state index in [1.54, 1.807) is 0 Å². The molecule has 0 aromatic heterocycles. The molecule has 98 valence electrons. The summed E-state index contributed by atoms with van der Waals surface area (Å²) in [6, 6.07) is 0. The van der Waals surface area contributed by atoms with Crippen LogP contribution in [0.3, 0.4) is 0 Å². The van der Waals surface area contributed by atoms with Crippen molar-refractivity contribution in [3.8, 4) is 0 Å². The average Bonchev–Trinajstić information content (AvgIpc) is 2.24. The van der Waals surface area contributed by atoms with Gasteiger partial charge in [-0.05, 0) is 25.2 Å². The molecule has 4 heteroatoms. The van der Waals surface area contributed by atoms with Crippen molar-refractivity contribution < 1.29 is 14.6 Å². The fraction of sp³-hybridized carbons (Fsp3) is 0.923. The second-order valence-electron chi connectivity index (χ2n) is 5.25. The molecule has 1 saturated carbocycles. The average molecular weight is 258 g/mol. The van der Waals surface area contributed by atoms with Gasteiger partial charge in [-0.1, -0.05) is 19.8 Å². The highest BCUT2D eigenvalue weighted by Crippen LogP contribution is 2.41. The molecular weight excluding hydrogens is 236 g/mol. The van der Waals surface area contributed by atoms with E-state index in [1.165, 1.54) is 12.8 Å². The van der Waals surface area contributed by atoms with Crippen LogP contribution in [0.2, 0.25) is 0 Å². The first-order valence-electron chi connectivity index (χ1n) is 6.66. The lowest BCUT2D eigenvalue weighted by atomic mass is 9.80. The highest BCUT2D eigenvalue weighted by molar-refractivity contribution is 8.00. The van der Waals surface area contributed by atoms with Gasteiger partial charge in [0, 0.05) is 5.25 Å². The lowest BCUT2D eigenvalue weighted by Gasteiger charge is -2.37. The van der Waals surface area contributed by atoms with E-state index in [0.717, 1.165) is 38.4 Å². The Bertz CT molecular complexity index is 265. The second-order valence-corrected chi connectivity index (χ2v) is 6.79. The topological polar surface area (TPSA) is 46.5 Å². The van der Waals surface area contributed by atoms with Crippen LogP contribution in [-0.2, 0) is 9.53 Å². The van der Waals surface area contributed by atoms with Crippen molar-refractivity contribution in [3.05, 3.63) is 0 Å². The summed E-state index contributed by atoms with van der Waals surface area (Å²) in [5, 5.41) is 10.1. The summed E-state index contributed by atoms with van der Waals surface area (Å²) in [6.45, 7) is 3.84. The van der Waals surface area contributed by atoms with E-state index in [0.29, 0.717) is 10.5 Å². The molecule has 2 fully saturated rings. The van der Waals surface area contributed by atoms with Crippen molar-refractivity contribution in [3.63, 3.8) is 0 Å². The first kappa shape index (κ1) is 13.2. The zero-order valence-corrected chi connectivity index (χ0v) is 11.2. The standard InChI is InChI=1S/C13H22O3S/c1-2-3-9-4-5-11(13(14)15)12(6-9)17-10-7-16-8-10/h9-12H,2-8H2,1H3,(H,14,15). The third-order valence-electron chi connectivity index (χ3n) is 3.89. The fourth-order valence-corrected chi connectivity index (χ4v) is 4.52. The van der Waals surface area contributed by atoms with E-state index in [4.69, 9.17) is 4.74 Å². The maximum atomic E-state index is 11.3. The molecule has 3 atom stereocenters. The molecule has 0 spiro atoms. The van der Waals surface area contributed by atoms with Crippen LogP contribution in [0, 0.1) is 11.8 Å². The predicted octanol–water partition coefficient (Wildman–Crippen LogP) is 2.79. The Morgan fingerprint density at radius 3 is 2.71 bits per heavy atom. The summed E-state index contributed by atoms with van der Waals surface area (Å²) >= 11 is 1.87. The zero-order valence-electron chi connectivity index (χ0n) is 10.4. The molecule has 2 aliphatic rings. The van der Waals surface area contributed by atoms with E-state index >= 15 is 0 Å². The highest BCUT2D eigenvalue weighted by Gasteiger charge is 2.37. The number of carboxylic acids is 1. The first-order chi connectivity index (χ1) is 8.20. The molecule has 1 aliphatic heterocycles. The number of hydrogen-bond donors (Lipinski definition) is 1. The molecule has 1 N–H and O–H groups in total. The Morgan fingerprint density at radius 1 is 1.41 bits per heavy atom. The van der Waals surface area contributed by atoms with Gasteiger partial charge in [0.15, 0.2) is 0 Å². The van der Waals surface area contributed by atoms with Crippen LogP contribution < -0.4 is 0 Å². The normalized spacial score (nSPS) is 34.3. The van der Waals surface area contributed by atoms with Crippen molar-refractivity contribution in [1.29, 1.82) is 0 Å². The molecule has 17 heavy (non-hydrogen) atoms. The number of thioether (sulfide) groups is 1. The lowest BCUT2D eigenvalue weighted by molar-refractivity contribution is -0.142. The molecule has 0 radical (unpaired) electrons. The number of hydrogen-bond acceptors (Lipinski definition) is 3. The number of carboxylic acid groups (broad SMARTS) is 1. The van der Waals surface area contributed by atoms with Gasteiger partial charge in [-0.3, -0.25) is 4.79 Å². The number of carbonyl (C=O) groups is 1. The number of ether oxygens (including phenoxy) is 1. The number of aliphatic carboxylic acids is 1. The largest absolute Gasteiger partial charge is 0.481 e. The van der Waals surface area contributed by atoms with Crippen molar-refractivity contribution in [2.45, 2.75) is 49.5 Å². The van der Waals surface area contributed by atoms with Gasteiger partial charge in [0.2, 0.25) is 0 Å². The van der Waals surface area contributed by atoms with Crippen LogP contribution >= 0.6 is 11.8 Å². The Morgan fingerprint density at radius 2 is 2.18 bits per heavy atom. The van der Waals surface area contributed by atoms with Gasteiger partial charge in [0.05, 0.1) is 24.4 Å². The van der Waals surface area contributed by atoms with Crippen LogP contribution in [0.4, 0.5) is 0 Å². The minimum absolute atomic E-state index is 0.131. The third kappa shape index (κ3) is 3.38. The van der Waals surface area contributed by atoms with Crippen LogP contribution in [0.15, 0.2) is 0 Å². The summed E-state index contributed by atoms with van der Waals surface area (Å²) < 4.78 is 5.18. The zero-order chi connectivity index (χ0) is 12.3. The Hall–Kier alpha value is -0.220. The molecule has 0 aromatic rings. The molecule has 1 heterocycles. The van der Waals surface area contributed by atoms with Crippen molar-refractivity contribution in [2.75, 3.05) is 13.2 Å². The SMILES string of the molecule is CCCC1CCC(C(=O)O)C(SC2COC2)C1. The summed E-state index contributed by atoms with van der Waals surface area (Å²) in [5.74, 6) is 0.0143. The molecule has 0 amide bonds. The summed E-state index contributed by atoms with van der Waals surface area (Å²) in [4.78, 5) is 11.3. The van der Waals surface area contributed by atoms with Crippen molar-refractivity contribution in [1.82, 2.24) is 0 Å². The first-order valence-corrected chi connectivity index (χ1v) is 7.61. The van der Waals surface area contributed by atoms with Crippen LogP contribution in [0.5, 0.6) is 0 Å². The molecule has 2 rings (SSSR count). The van der Waals surface area contributed by atoms with E-state index in [1.807, 2.05) is 11.8 Å². The third-order valence-corrected chi connectivity index (χ3v) is 5.42. The Kier molecular flexibility index (Phi) is 4.74. The fourth-order valence-electron chi connectivity index (χ4n) is 2.85. The van der Waals surface area contributed by atoms with E-state index in [2.05, 4.69) is 6.92 Å². The maximum Gasteiger partial charge on any atom is 0.307 e. The van der Waals surface area contributed by atoms with Crippen LogP contribution in [0.1, 0.15) is 39.0 Å². The summed E-state index contributed by atoms with van der Waals surface area (Å²) in [5.41, 5.74) is 0. The van der Waals surface area contributed by atoms with Gasteiger partial charge in [0.1, 0.15) is 0 Å². The van der Waals surface area contributed by atoms with E-state index in [9.17, 15) is 9.90 Å². The predicted molar refractivity (Wildman–Crippen MR) is 69.4 cm³/mol. The van der Waals surface area contributed by atoms with Gasteiger partial charge < -0.3 is 9.84 Å². The van der Waals surface area contributed by atoms with Gasteiger partial charge in [-0.25, -0.2) is 0 Å². The smallest absolute Gasteiger partial charge is 0.307 e. The van der Waals surface area contributed by atoms with Gasteiger partial charge in [-0.2, -0.15) is 0 Å². The highest BCUT2D eigenvalue weighted by atomic mass is 32.2. The van der Waals surface area contributed by atoms with Gasteiger partial charge in [0.25, 0.3) is 0 Å². The van der Waals surface area contributed by atoms with Crippen molar-refractivity contribution in [2.24, 2.45) is 11.8 Å². The Balaban J connectivity index is 1.91. The van der Waals surface area contributed by atoms with Gasteiger partial charge in [-0.15, -0.1) is 11.8 Å². The maximum absolute atomic E-state index is 11.3. The number of rotatable bonds is 5. The molecule has 3 nitrogen and oxygen atoms in total. The van der Waals surface area contributed by atoms with Gasteiger partial charge >= 0.3 is 5.97 Å². The second kappa shape index (κ2) is 6.10. The van der Waals surface area contributed by atoms with E-state index < -0.39 is 5.97 Å². The summed E-state index contributed by atoms with van der Waals surface area (Å²) in [6.07, 6.45) is 5.52. The minimum Gasteiger partial charge on any atom is -0.481 e. The molecule has 0 bridgehead atoms. The lowest BCUT2D eigenvalue weighted by Crippen LogP contribution is -2.38. The molecule has 1 saturated heterocycles. The van der Waals surface area contributed by atoms with E-state index in [-0.39, 0.29) is 5.92 Å². The molecule has 1 aliphatic carbocycles. The van der Waals surface area contributed by atoms with Crippen molar-refractivity contribution >= 4 is 17.7 Å².